The molecule has 0 radical (unpaired) electrons. The fourth-order valence-electron chi connectivity index (χ4n) is 3.38. The van der Waals surface area contributed by atoms with Crippen LogP contribution >= 0.6 is 0 Å². The Kier molecular flexibility index (Phi) is 3.88. The van der Waals surface area contributed by atoms with Gasteiger partial charge in [0.25, 0.3) is 5.82 Å². The molecule has 0 bridgehead atoms. The van der Waals surface area contributed by atoms with Crippen molar-refractivity contribution in [3.05, 3.63) is 22.4 Å². The van der Waals surface area contributed by atoms with Gasteiger partial charge in [0.15, 0.2) is 0 Å². The van der Waals surface area contributed by atoms with Crippen molar-refractivity contribution in [2.45, 2.75) is 39.0 Å². The summed E-state index contributed by atoms with van der Waals surface area (Å²) in [7, 11) is 0. The van der Waals surface area contributed by atoms with Gasteiger partial charge in [-0.25, -0.2) is 4.98 Å². The van der Waals surface area contributed by atoms with Crippen LogP contribution in [0.15, 0.2) is 0 Å². The van der Waals surface area contributed by atoms with Crippen LogP contribution in [0.5, 0.6) is 0 Å². The van der Waals surface area contributed by atoms with Gasteiger partial charge in [-0.05, 0) is 36.8 Å². The maximum absolute atomic E-state index is 9.64. The van der Waals surface area contributed by atoms with Crippen LogP contribution < -0.4 is 9.88 Å². The molecule has 3 rings (SSSR count). The molecule has 1 saturated heterocycles. The minimum atomic E-state index is 0.747. The van der Waals surface area contributed by atoms with Gasteiger partial charge in [-0.3, -0.25) is 4.90 Å². The number of ether oxygens (including phenoxy) is 1. The zero-order chi connectivity index (χ0) is 13.9. The summed E-state index contributed by atoms with van der Waals surface area (Å²) in [6, 6.07) is 2.46. The van der Waals surface area contributed by atoms with Crippen LogP contribution in [0.1, 0.15) is 42.1 Å². The van der Waals surface area contributed by atoms with Gasteiger partial charge in [-0.1, -0.05) is 6.92 Å². The molecule has 0 unspecified atom stereocenters. The predicted molar refractivity (Wildman–Crippen MR) is 76.8 cm³/mol. The van der Waals surface area contributed by atoms with Gasteiger partial charge in [0, 0.05) is 6.42 Å². The van der Waals surface area contributed by atoms with E-state index in [4.69, 9.17) is 4.74 Å². The highest BCUT2D eigenvalue weighted by molar-refractivity contribution is 5.58. The summed E-state index contributed by atoms with van der Waals surface area (Å²) >= 11 is 0. The lowest BCUT2D eigenvalue weighted by Gasteiger charge is -2.25. The number of aromatic amines is 1. The van der Waals surface area contributed by atoms with E-state index in [1.54, 1.807) is 0 Å². The van der Waals surface area contributed by atoms with Crippen molar-refractivity contribution < 1.29 is 9.72 Å². The van der Waals surface area contributed by atoms with Crippen molar-refractivity contribution in [1.82, 2.24) is 0 Å². The van der Waals surface area contributed by atoms with Crippen LogP contribution in [0.4, 0.5) is 5.82 Å². The molecule has 1 aliphatic carbocycles. The van der Waals surface area contributed by atoms with Gasteiger partial charge in [-0.2, -0.15) is 5.26 Å². The van der Waals surface area contributed by atoms with E-state index in [1.807, 2.05) is 0 Å². The molecule has 0 spiro atoms. The number of hydrogen-bond acceptors (Lipinski definition) is 3. The van der Waals surface area contributed by atoms with Gasteiger partial charge in [-0.15, -0.1) is 0 Å². The molecule has 1 N–H and O–H groups in total. The van der Waals surface area contributed by atoms with Gasteiger partial charge in [0.1, 0.15) is 30.4 Å². The average Bonchev–Trinajstić information content (AvgIpc) is 2.54. The van der Waals surface area contributed by atoms with E-state index in [1.165, 1.54) is 29.7 Å². The summed E-state index contributed by atoms with van der Waals surface area (Å²) in [5.41, 5.74) is 4.90. The monoisotopic (exact) mass is 272 g/mol. The summed E-state index contributed by atoms with van der Waals surface area (Å²) in [6.07, 6.45) is 5.63. The first-order valence-corrected chi connectivity index (χ1v) is 7.67. The van der Waals surface area contributed by atoms with Crippen LogP contribution in [0.25, 0.3) is 0 Å². The Hall–Kier alpha value is -1.60. The second kappa shape index (κ2) is 5.80. The highest BCUT2D eigenvalue weighted by Gasteiger charge is 2.29. The van der Waals surface area contributed by atoms with Crippen molar-refractivity contribution in [3.8, 4) is 6.07 Å². The summed E-state index contributed by atoms with van der Waals surface area (Å²) in [5, 5.41) is 9.64. The Labute approximate surface area is 120 Å². The van der Waals surface area contributed by atoms with E-state index in [9.17, 15) is 5.26 Å². The van der Waals surface area contributed by atoms with Crippen LogP contribution in [0.3, 0.4) is 0 Å². The highest BCUT2D eigenvalue weighted by Crippen LogP contribution is 2.30. The maximum atomic E-state index is 9.64. The quantitative estimate of drug-likeness (QED) is 0.822. The summed E-state index contributed by atoms with van der Waals surface area (Å²) < 4.78 is 5.43. The number of nitriles is 1. The first-order valence-electron chi connectivity index (χ1n) is 7.67. The number of morpholine rings is 1. The van der Waals surface area contributed by atoms with E-state index >= 15 is 0 Å². The molecule has 2 heterocycles. The van der Waals surface area contributed by atoms with E-state index in [0.717, 1.165) is 56.9 Å². The second-order valence-corrected chi connectivity index (χ2v) is 5.56. The molecule has 0 amide bonds. The number of nitrogens with zero attached hydrogens (tertiary/aromatic N) is 2. The third kappa shape index (κ3) is 2.27. The topological polar surface area (TPSA) is 50.4 Å². The standard InChI is InChI=1S/C16H21N3O/c1-2-15-13-6-4-3-5-12(13)14(11-17)16(18-15)19-7-9-20-10-8-19/h2-10H2,1H3/p+1. The third-order valence-corrected chi connectivity index (χ3v) is 4.43. The summed E-state index contributed by atoms with van der Waals surface area (Å²) in [5.74, 6) is 1.02. The van der Waals surface area contributed by atoms with Crippen LogP contribution in [0, 0.1) is 11.3 Å². The molecule has 0 atom stereocenters. The smallest absolute Gasteiger partial charge is 0.293 e. The molecule has 0 saturated carbocycles. The Bertz CT molecular complexity index is 542. The minimum Gasteiger partial charge on any atom is -0.373 e. The second-order valence-electron chi connectivity index (χ2n) is 5.56. The Morgan fingerprint density at radius 3 is 2.55 bits per heavy atom. The van der Waals surface area contributed by atoms with Crippen molar-refractivity contribution >= 4 is 5.82 Å². The molecule has 1 aliphatic heterocycles. The molecule has 4 heteroatoms. The van der Waals surface area contributed by atoms with Crippen molar-refractivity contribution in [1.29, 1.82) is 5.26 Å². The molecule has 1 fully saturated rings. The molecule has 4 nitrogen and oxygen atoms in total. The lowest BCUT2D eigenvalue weighted by atomic mass is 9.87. The number of nitrogens with one attached hydrogen (secondary N) is 1. The predicted octanol–water partition coefficient (Wildman–Crippen LogP) is 1.65. The molecular formula is C16H22N3O+. The Balaban J connectivity index is 2.11. The minimum absolute atomic E-state index is 0.747. The van der Waals surface area contributed by atoms with E-state index < -0.39 is 0 Å². The zero-order valence-electron chi connectivity index (χ0n) is 12.2. The zero-order valence-corrected chi connectivity index (χ0v) is 12.2. The van der Waals surface area contributed by atoms with Gasteiger partial charge in [0.05, 0.1) is 13.2 Å². The normalized spacial score (nSPS) is 18.5. The first-order chi connectivity index (χ1) is 9.85. The van der Waals surface area contributed by atoms with Crippen molar-refractivity contribution in [2.24, 2.45) is 0 Å². The largest absolute Gasteiger partial charge is 0.373 e. The number of anilines is 1. The van der Waals surface area contributed by atoms with Crippen molar-refractivity contribution in [3.63, 3.8) is 0 Å². The van der Waals surface area contributed by atoms with Crippen LogP contribution in [-0.2, 0) is 24.0 Å². The maximum Gasteiger partial charge on any atom is 0.293 e. The molecule has 2 aliphatic rings. The average molecular weight is 272 g/mol. The Morgan fingerprint density at radius 2 is 1.90 bits per heavy atom. The van der Waals surface area contributed by atoms with Crippen LogP contribution in [0.2, 0.25) is 0 Å². The van der Waals surface area contributed by atoms with Gasteiger partial charge in [0.2, 0.25) is 0 Å². The summed E-state index contributed by atoms with van der Waals surface area (Å²) in [6.45, 7) is 5.42. The molecule has 1 aromatic rings. The number of hydrogen-bond donors (Lipinski definition) is 0. The van der Waals surface area contributed by atoms with Gasteiger partial charge >= 0.3 is 0 Å². The molecular weight excluding hydrogens is 250 g/mol. The number of fused-ring (bicyclic) bond motifs is 1. The molecule has 1 aromatic heterocycles. The number of rotatable bonds is 2. The van der Waals surface area contributed by atoms with Crippen LogP contribution in [-0.4, -0.2) is 26.3 Å². The number of aryl methyl sites for hydroxylation is 1. The molecule has 20 heavy (non-hydrogen) atoms. The van der Waals surface area contributed by atoms with E-state index in [0.29, 0.717) is 0 Å². The van der Waals surface area contributed by atoms with E-state index in [-0.39, 0.29) is 0 Å². The molecule has 0 aromatic carbocycles. The number of H-pyrrole nitrogens is 1. The fourth-order valence-corrected chi connectivity index (χ4v) is 3.38. The first kappa shape index (κ1) is 13.4. The number of pyridine rings is 1. The number of aromatic nitrogens is 1. The van der Waals surface area contributed by atoms with Gasteiger partial charge < -0.3 is 4.74 Å². The lowest BCUT2D eigenvalue weighted by molar-refractivity contribution is -0.377. The lowest BCUT2D eigenvalue weighted by Crippen LogP contribution is -2.41. The van der Waals surface area contributed by atoms with E-state index in [2.05, 4.69) is 22.9 Å². The summed E-state index contributed by atoms with van der Waals surface area (Å²) in [4.78, 5) is 5.83. The van der Waals surface area contributed by atoms with Crippen molar-refractivity contribution in [2.75, 3.05) is 31.2 Å². The highest BCUT2D eigenvalue weighted by atomic mass is 16.5. The third-order valence-electron chi connectivity index (χ3n) is 4.43. The Morgan fingerprint density at radius 1 is 1.20 bits per heavy atom. The molecule has 106 valence electrons. The SMILES string of the molecule is CCc1[nH+]c(N2CCOCC2)c(C#N)c2c1CCCC2. The fraction of sp³-hybridized carbons (Fsp3) is 0.625.